The van der Waals surface area contributed by atoms with Crippen LogP contribution in [0.5, 0.6) is 0 Å². The molecule has 2 rings (SSSR count). The molecule has 1 aromatic rings. The lowest BCUT2D eigenvalue weighted by molar-refractivity contribution is 0.0506. The molecule has 1 heterocycles. The van der Waals surface area contributed by atoms with Gasteiger partial charge in [0.1, 0.15) is 0 Å². The molecular weight excluding hydrogens is 218 g/mol. The Balaban J connectivity index is 2.14. The number of nitrogens with zero attached hydrogens (tertiary/aromatic N) is 3. The molecule has 1 aromatic heterocycles. The second-order valence-electron chi connectivity index (χ2n) is 4.47. The van der Waals surface area contributed by atoms with Gasteiger partial charge in [-0.25, -0.2) is 14.5 Å². The first-order valence-corrected chi connectivity index (χ1v) is 6.30. The molecule has 1 aliphatic carbocycles. The van der Waals surface area contributed by atoms with E-state index < -0.39 is 0 Å². The molecule has 0 radical (unpaired) electrons. The van der Waals surface area contributed by atoms with E-state index in [1.54, 1.807) is 14.0 Å². The van der Waals surface area contributed by atoms with Gasteiger partial charge in [-0.2, -0.15) is 5.10 Å². The fraction of sp³-hybridized carbons (Fsp3) is 0.750. The standard InChI is InChI=1S/C12H19N3O2/c1-3-17-12(16)11-13-10(14-15(11)2)9-7-5-4-6-8-9/h9H,3-8H2,1-2H3. The smallest absolute Gasteiger partial charge is 0.376 e. The molecule has 0 aliphatic heterocycles. The third-order valence-corrected chi connectivity index (χ3v) is 3.21. The van der Waals surface area contributed by atoms with Crippen molar-refractivity contribution in [3.05, 3.63) is 11.6 Å². The van der Waals surface area contributed by atoms with Gasteiger partial charge in [0, 0.05) is 13.0 Å². The largest absolute Gasteiger partial charge is 0.460 e. The first kappa shape index (κ1) is 12.1. The molecule has 0 N–H and O–H groups in total. The Kier molecular flexibility index (Phi) is 3.76. The van der Waals surface area contributed by atoms with Crippen LogP contribution in [-0.4, -0.2) is 27.3 Å². The predicted octanol–water partition coefficient (Wildman–Crippen LogP) is 2.04. The minimum absolute atomic E-state index is 0.312. The molecule has 0 amide bonds. The maximum absolute atomic E-state index is 11.6. The third-order valence-electron chi connectivity index (χ3n) is 3.21. The number of ether oxygens (including phenoxy) is 1. The highest BCUT2D eigenvalue weighted by Crippen LogP contribution is 2.30. The molecule has 17 heavy (non-hydrogen) atoms. The van der Waals surface area contributed by atoms with E-state index in [-0.39, 0.29) is 5.97 Å². The Labute approximate surface area is 101 Å². The van der Waals surface area contributed by atoms with Gasteiger partial charge in [0.2, 0.25) is 5.82 Å². The van der Waals surface area contributed by atoms with Gasteiger partial charge in [-0.15, -0.1) is 0 Å². The van der Waals surface area contributed by atoms with E-state index in [9.17, 15) is 4.79 Å². The van der Waals surface area contributed by atoms with Crippen LogP contribution in [0.3, 0.4) is 0 Å². The third kappa shape index (κ3) is 2.65. The van der Waals surface area contributed by atoms with Crippen molar-refractivity contribution < 1.29 is 9.53 Å². The lowest BCUT2D eigenvalue weighted by Gasteiger charge is -2.18. The van der Waals surface area contributed by atoms with Gasteiger partial charge in [0.05, 0.1) is 6.61 Å². The summed E-state index contributed by atoms with van der Waals surface area (Å²) in [4.78, 5) is 15.9. The second-order valence-corrected chi connectivity index (χ2v) is 4.47. The number of esters is 1. The van der Waals surface area contributed by atoms with Gasteiger partial charge < -0.3 is 4.74 Å². The minimum atomic E-state index is -0.385. The summed E-state index contributed by atoms with van der Waals surface area (Å²) >= 11 is 0. The van der Waals surface area contributed by atoms with Gasteiger partial charge in [-0.3, -0.25) is 0 Å². The Morgan fingerprint density at radius 1 is 1.41 bits per heavy atom. The Bertz CT molecular complexity index is 394. The van der Waals surface area contributed by atoms with Crippen molar-refractivity contribution >= 4 is 5.97 Å². The normalized spacial score (nSPS) is 17.1. The van der Waals surface area contributed by atoms with E-state index in [0.717, 1.165) is 18.7 Å². The number of hydrogen-bond donors (Lipinski definition) is 0. The number of hydrogen-bond acceptors (Lipinski definition) is 4. The highest BCUT2D eigenvalue weighted by Gasteiger charge is 2.23. The summed E-state index contributed by atoms with van der Waals surface area (Å²) in [6.45, 7) is 2.15. The zero-order valence-electron chi connectivity index (χ0n) is 10.5. The van der Waals surface area contributed by atoms with Crippen molar-refractivity contribution in [1.82, 2.24) is 14.8 Å². The van der Waals surface area contributed by atoms with E-state index in [1.165, 1.54) is 23.9 Å². The van der Waals surface area contributed by atoms with Gasteiger partial charge in [0.25, 0.3) is 0 Å². The van der Waals surface area contributed by atoms with Crippen molar-refractivity contribution in [3.8, 4) is 0 Å². The number of aromatic nitrogens is 3. The molecule has 0 bridgehead atoms. The highest BCUT2D eigenvalue weighted by atomic mass is 16.5. The van der Waals surface area contributed by atoms with Crippen LogP contribution in [0.25, 0.3) is 0 Å². The Morgan fingerprint density at radius 3 is 2.76 bits per heavy atom. The maximum atomic E-state index is 11.6. The zero-order chi connectivity index (χ0) is 12.3. The minimum Gasteiger partial charge on any atom is -0.460 e. The van der Waals surface area contributed by atoms with Crippen LogP contribution in [0.15, 0.2) is 0 Å². The quantitative estimate of drug-likeness (QED) is 0.755. The van der Waals surface area contributed by atoms with E-state index in [4.69, 9.17) is 4.74 Å². The summed E-state index contributed by atoms with van der Waals surface area (Å²) in [5, 5.41) is 4.34. The van der Waals surface area contributed by atoms with Crippen molar-refractivity contribution in [1.29, 1.82) is 0 Å². The summed E-state index contributed by atoms with van der Waals surface area (Å²) in [6, 6.07) is 0. The fourth-order valence-electron chi connectivity index (χ4n) is 2.31. The van der Waals surface area contributed by atoms with E-state index in [0.29, 0.717) is 18.3 Å². The SMILES string of the molecule is CCOC(=O)c1nc(C2CCCCC2)nn1C. The Hall–Kier alpha value is -1.39. The highest BCUT2D eigenvalue weighted by molar-refractivity contribution is 5.85. The number of carbonyl (C=O) groups excluding carboxylic acids is 1. The number of rotatable bonds is 3. The van der Waals surface area contributed by atoms with Crippen molar-refractivity contribution in [2.75, 3.05) is 6.61 Å². The maximum Gasteiger partial charge on any atom is 0.376 e. The second kappa shape index (κ2) is 5.29. The molecule has 1 aliphatic rings. The predicted molar refractivity (Wildman–Crippen MR) is 62.8 cm³/mol. The van der Waals surface area contributed by atoms with Gasteiger partial charge in [0.15, 0.2) is 5.82 Å². The number of carbonyl (C=O) groups is 1. The first-order chi connectivity index (χ1) is 8.22. The van der Waals surface area contributed by atoms with Gasteiger partial charge >= 0.3 is 5.97 Å². The molecule has 1 saturated carbocycles. The molecule has 0 saturated heterocycles. The van der Waals surface area contributed by atoms with Gasteiger partial charge in [-0.05, 0) is 19.8 Å². The molecule has 0 aromatic carbocycles. The van der Waals surface area contributed by atoms with Crippen LogP contribution >= 0.6 is 0 Å². The van der Waals surface area contributed by atoms with E-state index in [2.05, 4.69) is 10.1 Å². The summed E-state index contributed by atoms with van der Waals surface area (Å²) in [5.41, 5.74) is 0. The summed E-state index contributed by atoms with van der Waals surface area (Å²) in [6.07, 6.45) is 6.03. The van der Waals surface area contributed by atoms with Crippen LogP contribution in [0.2, 0.25) is 0 Å². The molecular formula is C12H19N3O2. The molecule has 1 fully saturated rings. The fourth-order valence-corrected chi connectivity index (χ4v) is 2.31. The summed E-state index contributed by atoms with van der Waals surface area (Å²) < 4.78 is 6.48. The van der Waals surface area contributed by atoms with Crippen LogP contribution in [0, 0.1) is 0 Å². The van der Waals surface area contributed by atoms with Crippen molar-refractivity contribution in [3.63, 3.8) is 0 Å². The number of aryl methyl sites for hydroxylation is 1. The molecule has 0 unspecified atom stereocenters. The Morgan fingerprint density at radius 2 is 2.12 bits per heavy atom. The lowest BCUT2D eigenvalue weighted by Crippen LogP contribution is -2.11. The summed E-state index contributed by atoms with van der Waals surface area (Å²) in [7, 11) is 1.74. The average molecular weight is 237 g/mol. The lowest BCUT2D eigenvalue weighted by atomic mass is 9.89. The van der Waals surface area contributed by atoms with E-state index in [1.807, 2.05) is 0 Å². The topological polar surface area (TPSA) is 57.0 Å². The van der Waals surface area contributed by atoms with Crippen LogP contribution in [0.4, 0.5) is 0 Å². The molecule has 5 nitrogen and oxygen atoms in total. The average Bonchev–Trinajstić information content (AvgIpc) is 2.73. The first-order valence-electron chi connectivity index (χ1n) is 6.30. The molecule has 94 valence electrons. The van der Waals surface area contributed by atoms with E-state index >= 15 is 0 Å². The molecule has 0 atom stereocenters. The van der Waals surface area contributed by atoms with Crippen molar-refractivity contribution in [2.45, 2.75) is 44.9 Å². The van der Waals surface area contributed by atoms with Crippen LogP contribution in [-0.2, 0) is 11.8 Å². The molecule has 0 spiro atoms. The van der Waals surface area contributed by atoms with Crippen molar-refractivity contribution in [2.24, 2.45) is 7.05 Å². The summed E-state index contributed by atoms with van der Waals surface area (Å²) in [5.74, 6) is 1.14. The van der Waals surface area contributed by atoms with Crippen LogP contribution < -0.4 is 0 Å². The van der Waals surface area contributed by atoms with Gasteiger partial charge in [-0.1, -0.05) is 19.3 Å². The monoisotopic (exact) mass is 237 g/mol. The molecule has 5 heteroatoms. The van der Waals surface area contributed by atoms with Crippen LogP contribution in [0.1, 0.15) is 61.4 Å². The zero-order valence-corrected chi connectivity index (χ0v) is 10.5.